The van der Waals surface area contributed by atoms with E-state index in [9.17, 15) is 18.8 Å². The van der Waals surface area contributed by atoms with Crippen LogP contribution in [0.4, 0.5) is 10.1 Å². The number of aromatic nitrogens is 2. The molecular weight excluding hydrogens is 353 g/mol. The van der Waals surface area contributed by atoms with Crippen LogP contribution in [0, 0.1) is 5.82 Å². The molecule has 0 saturated heterocycles. The molecular formula is C19H16FN3O4. The Bertz CT molecular complexity index is 1060. The fourth-order valence-electron chi connectivity index (χ4n) is 2.53. The van der Waals surface area contributed by atoms with Crippen LogP contribution >= 0.6 is 0 Å². The first-order valence-corrected chi connectivity index (χ1v) is 8.17. The Labute approximate surface area is 153 Å². The van der Waals surface area contributed by atoms with Gasteiger partial charge in [0.25, 0.3) is 11.5 Å². The van der Waals surface area contributed by atoms with Crippen molar-refractivity contribution in [3.63, 3.8) is 0 Å². The number of para-hydroxylation sites is 1. The molecule has 0 bridgehead atoms. The Morgan fingerprint density at radius 3 is 2.56 bits per heavy atom. The highest BCUT2D eigenvalue weighted by Gasteiger charge is 2.20. The molecule has 0 radical (unpaired) electrons. The maximum Gasteiger partial charge on any atom is 0.312 e. The lowest BCUT2D eigenvalue weighted by atomic mass is 10.1. The molecule has 0 aliphatic heterocycles. The van der Waals surface area contributed by atoms with Gasteiger partial charge in [0.05, 0.1) is 23.2 Å². The predicted molar refractivity (Wildman–Crippen MR) is 96.7 cm³/mol. The number of amides is 1. The van der Waals surface area contributed by atoms with Crippen molar-refractivity contribution in [1.29, 1.82) is 0 Å². The second-order valence-electron chi connectivity index (χ2n) is 5.82. The van der Waals surface area contributed by atoms with Crippen LogP contribution in [0.5, 0.6) is 0 Å². The number of hydrogen-bond donors (Lipinski definition) is 2. The summed E-state index contributed by atoms with van der Waals surface area (Å²) in [6, 6.07) is 12.4. The highest BCUT2D eigenvalue weighted by atomic mass is 19.1. The molecule has 1 aromatic heterocycles. The Hall–Kier alpha value is -3.55. The van der Waals surface area contributed by atoms with Gasteiger partial charge in [-0.05, 0) is 25.1 Å². The molecule has 0 unspecified atom stereocenters. The van der Waals surface area contributed by atoms with Gasteiger partial charge >= 0.3 is 5.97 Å². The minimum Gasteiger partial charge on any atom is -0.452 e. The van der Waals surface area contributed by atoms with Crippen molar-refractivity contribution in [3.8, 4) is 0 Å². The predicted octanol–water partition coefficient (Wildman–Crippen LogP) is 2.18. The number of anilines is 1. The number of benzene rings is 2. The first-order valence-electron chi connectivity index (χ1n) is 8.17. The molecule has 0 saturated carbocycles. The summed E-state index contributed by atoms with van der Waals surface area (Å²) in [5.74, 6) is -1.95. The number of hydrogen-bond acceptors (Lipinski definition) is 5. The van der Waals surface area contributed by atoms with Crippen molar-refractivity contribution >= 4 is 28.3 Å². The van der Waals surface area contributed by atoms with Gasteiger partial charge in [-0.3, -0.25) is 14.4 Å². The summed E-state index contributed by atoms with van der Waals surface area (Å²) < 4.78 is 18.7. The van der Waals surface area contributed by atoms with Crippen molar-refractivity contribution in [2.24, 2.45) is 0 Å². The van der Waals surface area contributed by atoms with E-state index in [1.54, 1.807) is 30.3 Å². The van der Waals surface area contributed by atoms with Gasteiger partial charge in [0.1, 0.15) is 5.82 Å². The first kappa shape index (κ1) is 18.2. The van der Waals surface area contributed by atoms with Gasteiger partial charge in [0, 0.05) is 5.39 Å². The van der Waals surface area contributed by atoms with Gasteiger partial charge < -0.3 is 10.1 Å². The number of H-pyrrole nitrogens is 1. The molecule has 1 amide bonds. The summed E-state index contributed by atoms with van der Waals surface area (Å²) >= 11 is 0. The zero-order valence-electron chi connectivity index (χ0n) is 14.4. The molecule has 3 rings (SSSR count). The first-order chi connectivity index (χ1) is 13.0. The number of nitrogens with zero attached hydrogens (tertiary/aromatic N) is 1. The number of fused-ring (bicyclic) bond motifs is 1. The van der Waals surface area contributed by atoms with Crippen LogP contribution in [-0.4, -0.2) is 28.2 Å². The standard InChI is InChI=1S/C19H16FN3O4/c1-11(18(25)21-15-9-5-4-8-14(15)20)27-17(24)10-16-12-6-2-3-7-13(12)19(26)23-22-16/h2-9,11H,10H2,1H3,(H,21,25)(H,23,26)/t11-/m0/s1. The zero-order chi connectivity index (χ0) is 19.4. The number of halogens is 1. The Kier molecular flexibility index (Phi) is 5.25. The number of carbonyl (C=O) groups excluding carboxylic acids is 2. The quantitative estimate of drug-likeness (QED) is 0.671. The monoisotopic (exact) mass is 369 g/mol. The van der Waals surface area contributed by atoms with E-state index in [2.05, 4.69) is 15.5 Å². The van der Waals surface area contributed by atoms with Crippen molar-refractivity contribution in [3.05, 3.63) is 70.4 Å². The number of aromatic amines is 1. The fraction of sp³-hybridized carbons (Fsp3) is 0.158. The van der Waals surface area contributed by atoms with E-state index in [0.717, 1.165) is 0 Å². The van der Waals surface area contributed by atoms with E-state index in [4.69, 9.17) is 4.74 Å². The summed E-state index contributed by atoms with van der Waals surface area (Å²) in [6.45, 7) is 1.38. The van der Waals surface area contributed by atoms with Crippen LogP contribution in [0.3, 0.4) is 0 Å². The molecule has 7 nitrogen and oxygen atoms in total. The van der Waals surface area contributed by atoms with Gasteiger partial charge in [0.2, 0.25) is 0 Å². The zero-order valence-corrected chi connectivity index (χ0v) is 14.4. The molecule has 0 spiro atoms. The van der Waals surface area contributed by atoms with E-state index in [-0.39, 0.29) is 17.7 Å². The maximum absolute atomic E-state index is 13.6. The number of ether oxygens (including phenoxy) is 1. The number of rotatable bonds is 5. The second-order valence-corrected chi connectivity index (χ2v) is 5.82. The van der Waals surface area contributed by atoms with Crippen LogP contribution in [0.1, 0.15) is 12.6 Å². The van der Waals surface area contributed by atoms with Crippen molar-refractivity contribution in [1.82, 2.24) is 10.2 Å². The summed E-state index contributed by atoms with van der Waals surface area (Å²) in [7, 11) is 0. The molecule has 0 aliphatic rings. The Morgan fingerprint density at radius 2 is 1.81 bits per heavy atom. The highest BCUT2D eigenvalue weighted by molar-refractivity contribution is 5.95. The Balaban J connectivity index is 1.67. The van der Waals surface area contributed by atoms with Crippen molar-refractivity contribution < 1.29 is 18.7 Å². The van der Waals surface area contributed by atoms with Crippen LogP contribution in [-0.2, 0) is 20.7 Å². The third-order valence-corrected chi connectivity index (χ3v) is 3.90. The lowest BCUT2D eigenvalue weighted by molar-refractivity contribution is -0.152. The minimum atomic E-state index is -1.13. The van der Waals surface area contributed by atoms with Gasteiger partial charge in [-0.1, -0.05) is 30.3 Å². The maximum atomic E-state index is 13.6. The fourth-order valence-corrected chi connectivity index (χ4v) is 2.53. The SMILES string of the molecule is C[C@H](OC(=O)Cc1n[nH]c(=O)c2ccccc12)C(=O)Nc1ccccc1F. The normalized spacial score (nSPS) is 11.8. The van der Waals surface area contributed by atoms with Crippen LogP contribution < -0.4 is 10.9 Å². The summed E-state index contributed by atoms with van der Waals surface area (Å²) in [5, 5.41) is 9.51. The molecule has 3 aromatic rings. The minimum absolute atomic E-state index is 0.00121. The molecule has 0 aliphatic carbocycles. The Morgan fingerprint density at radius 1 is 1.15 bits per heavy atom. The van der Waals surface area contributed by atoms with Crippen LogP contribution in [0.15, 0.2) is 53.3 Å². The van der Waals surface area contributed by atoms with E-state index in [1.165, 1.54) is 25.1 Å². The third kappa shape index (κ3) is 4.17. The molecule has 27 heavy (non-hydrogen) atoms. The van der Waals surface area contributed by atoms with Gasteiger partial charge in [-0.25, -0.2) is 9.49 Å². The second kappa shape index (κ2) is 7.77. The van der Waals surface area contributed by atoms with Gasteiger partial charge in [-0.15, -0.1) is 0 Å². The molecule has 8 heteroatoms. The lowest BCUT2D eigenvalue weighted by Crippen LogP contribution is -2.31. The molecule has 0 fully saturated rings. The molecule has 138 valence electrons. The van der Waals surface area contributed by atoms with Crippen molar-refractivity contribution in [2.75, 3.05) is 5.32 Å². The van der Waals surface area contributed by atoms with E-state index in [0.29, 0.717) is 16.5 Å². The van der Waals surface area contributed by atoms with E-state index >= 15 is 0 Å². The van der Waals surface area contributed by atoms with Gasteiger partial charge in [0.15, 0.2) is 6.10 Å². The summed E-state index contributed by atoms with van der Waals surface area (Å²) in [5.41, 5.74) is -0.0315. The van der Waals surface area contributed by atoms with E-state index in [1.807, 2.05) is 0 Å². The smallest absolute Gasteiger partial charge is 0.312 e. The third-order valence-electron chi connectivity index (χ3n) is 3.90. The molecule has 1 atom stereocenters. The van der Waals surface area contributed by atoms with E-state index < -0.39 is 23.8 Å². The van der Waals surface area contributed by atoms with Crippen LogP contribution in [0.2, 0.25) is 0 Å². The average Bonchev–Trinajstić information content (AvgIpc) is 2.66. The number of nitrogens with one attached hydrogen (secondary N) is 2. The number of esters is 1. The molecule has 2 N–H and O–H groups in total. The summed E-state index contributed by atoms with van der Waals surface area (Å²) in [6.07, 6.45) is -1.36. The highest BCUT2D eigenvalue weighted by Crippen LogP contribution is 2.15. The average molecular weight is 369 g/mol. The topological polar surface area (TPSA) is 101 Å². The number of carbonyl (C=O) groups is 2. The van der Waals surface area contributed by atoms with Crippen molar-refractivity contribution in [2.45, 2.75) is 19.4 Å². The summed E-state index contributed by atoms with van der Waals surface area (Å²) in [4.78, 5) is 36.0. The molecule has 2 aromatic carbocycles. The molecule has 1 heterocycles. The van der Waals surface area contributed by atoms with Crippen LogP contribution in [0.25, 0.3) is 10.8 Å². The largest absolute Gasteiger partial charge is 0.452 e. The van der Waals surface area contributed by atoms with Gasteiger partial charge in [-0.2, -0.15) is 5.10 Å². The lowest BCUT2D eigenvalue weighted by Gasteiger charge is -2.14.